The Balaban J connectivity index is 1.69. The molecule has 4 heteroatoms. The number of allylic oxidation sites excluding steroid dienone is 4. The smallest absolute Gasteiger partial charge is 0.125 e. The van der Waals surface area contributed by atoms with E-state index in [1.165, 1.54) is 0 Å². The Labute approximate surface area is 217 Å². The van der Waals surface area contributed by atoms with Crippen molar-refractivity contribution in [3.63, 3.8) is 0 Å². The number of aryl methyl sites for hydroxylation is 1. The minimum atomic E-state index is 0.521. The van der Waals surface area contributed by atoms with Crippen LogP contribution < -0.4 is 0 Å². The number of aliphatic imine (C=N–C) groups is 3. The van der Waals surface area contributed by atoms with E-state index in [2.05, 4.69) is 74.3 Å². The van der Waals surface area contributed by atoms with Crippen LogP contribution in [0.25, 0.3) is 10.1 Å². The third-order valence-corrected chi connectivity index (χ3v) is 7.05. The zero-order valence-electron chi connectivity index (χ0n) is 20.7. The number of fused-ring (bicyclic) bond motifs is 1. The van der Waals surface area contributed by atoms with Gasteiger partial charge in [-0.2, -0.15) is 0 Å². The van der Waals surface area contributed by atoms with Gasteiger partial charge in [0.15, 0.2) is 0 Å². The highest BCUT2D eigenvalue weighted by Crippen LogP contribution is 2.39. The third kappa shape index (κ3) is 5.40. The Hall–Kier alpha value is -4.15. The van der Waals surface area contributed by atoms with Crippen molar-refractivity contribution in [2.45, 2.75) is 20.4 Å². The summed E-state index contributed by atoms with van der Waals surface area (Å²) in [5.41, 5.74) is 8.05. The van der Waals surface area contributed by atoms with E-state index in [0.29, 0.717) is 6.54 Å². The second-order valence-corrected chi connectivity index (χ2v) is 9.37. The van der Waals surface area contributed by atoms with Gasteiger partial charge in [0.2, 0.25) is 0 Å². The monoisotopic (exact) mass is 487 g/mol. The maximum absolute atomic E-state index is 5.06. The van der Waals surface area contributed by atoms with Crippen LogP contribution in [-0.4, -0.2) is 18.1 Å². The van der Waals surface area contributed by atoms with E-state index >= 15 is 0 Å². The molecule has 0 spiro atoms. The summed E-state index contributed by atoms with van der Waals surface area (Å²) in [6.07, 6.45) is 5.50. The topological polar surface area (TPSA) is 37.1 Å². The van der Waals surface area contributed by atoms with Crippen molar-refractivity contribution in [2.24, 2.45) is 15.0 Å². The molecule has 36 heavy (non-hydrogen) atoms. The number of nitrogens with zero attached hydrogens (tertiary/aromatic N) is 3. The molecule has 178 valence electrons. The van der Waals surface area contributed by atoms with Crippen LogP contribution in [0.4, 0.5) is 10.7 Å². The van der Waals surface area contributed by atoms with Gasteiger partial charge in [-0.15, -0.1) is 11.3 Å². The van der Waals surface area contributed by atoms with E-state index in [0.717, 1.165) is 60.0 Å². The van der Waals surface area contributed by atoms with Gasteiger partial charge in [-0.3, -0.25) is 15.0 Å². The fraction of sp³-hybridized carbons (Fsp3) is 0.0938. The fourth-order valence-electron chi connectivity index (χ4n) is 4.01. The lowest BCUT2D eigenvalue weighted by molar-refractivity contribution is 1.07. The second kappa shape index (κ2) is 11.5. The van der Waals surface area contributed by atoms with E-state index in [4.69, 9.17) is 9.98 Å². The van der Waals surface area contributed by atoms with Crippen LogP contribution in [0.2, 0.25) is 0 Å². The molecule has 0 saturated carbocycles. The quantitative estimate of drug-likeness (QED) is 0.167. The molecule has 1 aromatic heterocycles. The van der Waals surface area contributed by atoms with Crippen molar-refractivity contribution in [1.82, 2.24) is 0 Å². The molecule has 0 aliphatic rings. The molecular weight excluding hydrogens is 458 g/mol. The Kier molecular flexibility index (Phi) is 7.99. The van der Waals surface area contributed by atoms with Crippen molar-refractivity contribution in [3.8, 4) is 0 Å². The van der Waals surface area contributed by atoms with Crippen molar-refractivity contribution in [3.05, 3.63) is 132 Å². The van der Waals surface area contributed by atoms with Gasteiger partial charge in [-0.25, -0.2) is 0 Å². The fourth-order valence-corrected chi connectivity index (χ4v) is 5.02. The lowest BCUT2D eigenvalue weighted by Gasteiger charge is -2.10. The predicted octanol–water partition coefficient (Wildman–Crippen LogP) is 8.97. The van der Waals surface area contributed by atoms with Crippen LogP contribution in [0.3, 0.4) is 0 Å². The first-order chi connectivity index (χ1) is 17.5. The van der Waals surface area contributed by atoms with Crippen LogP contribution in [0, 0.1) is 6.92 Å². The van der Waals surface area contributed by atoms with Crippen molar-refractivity contribution < 1.29 is 0 Å². The van der Waals surface area contributed by atoms with Crippen LogP contribution in [0.15, 0.2) is 125 Å². The number of para-hydroxylation sites is 1. The first kappa shape index (κ1) is 25.0. The van der Waals surface area contributed by atoms with Gasteiger partial charge in [0.05, 0.1) is 17.9 Å². The lowest BCUT2D eigenvalue weighted by atomic mass is 10.00. The minimum absolute atomic E-state index is 0.521. The maximum Gasteiger partial charge on any atom is 0.125 e. The molecule has 0 aliphatic carbocycles. The Morgan fingerprint density at radius 2 is 1.67 bits per heavy atom. The van der Waals surface area contributed by atoms with Gasteiger partial charge < -0.3 is 0 Å². The van der Waals surface area contributed by atoms with Crippen LogP contribution in [0.1, 0.15) is 29.2 Å². The molecule has 4 rings (SSSR count). The van der Waals surface area contributed by atoms with E-state index in [1.54, 1.807) is 17.4 Å². The highest BCUT2D eigenvalue weighted by atomic mass is 32.1. The SMILES string of the molecule is C=C/C=C(\C=C)C(=NCc1ccc(C(C)=Nc2ccccc2C)cc1)c1c(N=C)sc2ccccc12. The Morgan fingerprint density at radius 3 is 2.36 bits per heavy atom. The van der Waals surface area contributed by atoms with Gasteiger partial charge in [-0.05, 0) is 55.0 Å². The van der Waals surface area contributed by atoms with Crippen molar-refractivity contribution in [1.29, 1.82) is 0 Å². The van der Waals surface area contributed by atoms with E-state index in [1.807, 2.05) is 49.4 Å². The molecule has 4 aromatic rings. The van der Waals surface area contributed by atoms with Gasteiger partial charge in [0, 0.05) is 21.4 Å². The number of thiophene rings is 1. The average molecular weight is 488 g/mol. The summed E-state index contributed by atoms with van der Waals surface area (Å²) in [5, 5.41) is 1.96. The molecule has 3 nitrogen and oxygen atoms in total. The Morgan fingerprint density at radius 1 is 0.944 bits per heavy atom. The minimum Gasteiger partial charge on any atom is -0.279 e. The van der Waals surface area contributed by atoms with Gasteiger partial charge in [0.25, 0.3) is 0 Å². The van der Waals surface area contributed by atoms with Crippen LogP contribution >= 0.6 is 11.3 Å². The van der Waals surface area contributed by atoms with E-state index in [9.17, 15) is 0 Å². The predicted molar refractivity (Wildman–Crippen MR) is 159 cm³/mol. The molecule has 0 bridgehead atoms. The summed E-state index contributed by atoms with van der Waals surface area (Å²) in [5.74, 6) is 0. The summed E-state index contributed by atoms with van der Waals surface area (Å²) in [6, 6.07) is 24.9. The number of hydrogen-bond acceptors (Lipinski definition) is 4. The highest BCUT2D eigenvalue weighted by molar-refractivity contribution is 7.23. The zero-order chi connectivity index (χ0) is 25.5. The molecule has 0 N–H and O–H groups in total. The van der Waals surface area contributed by atoms with Crippen molar-refractivity contribution >= 4 is 50.3 Å². The molecule has 0 radical (unpaired) electrons. The second-order valence-electron chi connectivity index (χ2n) is 8.34. The molecule has 0 aliphatic heterocycles. The standard InChI is InChI=1S/C32H29N3S/c1-6-12-25(7-2)31(30-27-14-9-11-16-29(27)36-32(30)33-5)34-21-24-17-19-26(20-18-24)23(4)35-28-15-10-8-13-22(28)3/h6-20H,1-2,5,21H2,3-4H3/b25-12+,34-31?,35-23?. The molecule has 3 aromatic carbocycles. The summed E-state index contributed by atoms with van der Waals surface area (Å²) < 4.78 is 1.15. The number of hydrogen-bond donors (Lipinski definition) is 0. The summed E-state index contributed by atoms with van der Waals surface area (Å²) >= 11 is 1.62. The zero-order valence-corrected chi connectivity index (χ0v) is 21.6. The first-order valence-corrected chi connectivity index (χ1v) is 12.6. The van der Waals surface area contributed by atoms with Crippen LogP contribution in [0.5, 0.6) is 0 Å². The number of rotatable bonds is 9. The lowest BCUT2D eigenvalue weighted by Crippen LogP contribution is -2.04. The van der Waals surface area contributed by atoms with Gasteiger partial charge >= 0.3 is 0 Å². The van der Waals surface area contributed by atoms with E-state index in [-0.39, 0.29) is 0 Å². The largest absolute Gasteiger partial charge is 0.279 e. The first-order valence-electron chi connectivity index (χ1n) is 11.7. The molecule has 0 saturated heterocycles. The normalized spacial score (nSPS) is 12.6. The average Bonchev–Trinajstić information content (AvgIpc) is 3.28. The molecule has 1 heterocycles. The summed E-state index contributed by atoms with van der Waals surface area (Å²) in [4.78, 5) is 14.2. The Bertz CT molecular complexity index is 1510. The summed E-state index contributed by atoms with van der Waals surface area (Å²) in [7, 11) is 0. The molecule has 0 fully saturated rings. The molecule has 0 amide bonds. The van der Waals surface area contributed by atoms with Crippen LogP contribution in [-0.2, 0) is 6.54 Å². The third-order valence-electron chi connectivity index (χ3n) is 5.94. The van der Waals surface area contributed by atoms with Gasteiger partial charge in [0.1, 0.15) is 5.00 Å². The maximum atomic E-state index is 5.06. The molecular formula is C32H29N3S. The van der Waals surface area contributed by atoms with Crippen molar-refractivity contribution in [2.75, 3.05) is 0 Å². The summed E-state index contributed by atoms with van der Waals surface area (Å²) in [6.45, 7) is 16.3. The number of benzene rings is 3. The van der Waals surface area contributed by atoms with Gasteiger partial charge in [-0.1, -0.05) is 92.0 Å². The van der Waals surface area contributed by atoms with E-state index < -0.39 is 0 Å². The highest BCUT2D eigenvalue weighted by Gasteiger charge is 2.18. The molecule has 0 atom stereocenters. The molecule has 0 unspecified atom stereocenters.